The predicted molar refractivity (Wildman–Crippen MR) is 105 cm³/mol. The van der Waals surface area contributed by atoms with Crippen molar-refractivity contribution < 1.29 is 19.1 Å². The standard InChI is InChI=1S/C21H18ClN3O4/c1-12-4-5-13-10-14(21(22)23-15(13)9-12)17-11-16(18-3-2-8-29-18)24-25(17)19(26)6-7-20(27)28/h2-5,8-11,17,24H,6-7H2,1H3,(H,27,28)/p-1. The molecule has 8 heteroatoms. The number of nitrogens with zero attached hydrogens (tertiary/aromatic N) is 2. The van der Waals surface area contributed by atoms with E-state index in [1.807, 2.05) is 31.2 Å². The van der Waals surface area contributed by atoms with Gasteiger partial charge in [0.1, 0.15) is 11.2 Å². The lowest BCUT2D eigenvalue weighted by Gasteiger charge is -2.26. The van der Waals surface area contributed by atoms with E-state index in [0.29, 0.717) is 17.0 Å². The largest absolute Gasteiger partial charge is 0.550 e. The minimum absolute atomic E-state index is 0.205. The van der Waals surface area contributed by atoms with Crippen molar-refractivity contribution in [3.8, 4) is 0 Å². The molecule has 1 aliphatic rings. The number of carboxylic acids is 1. The molecule has 148 valence electrons. The number of furan rings is 1. The summed E-state index contributed by atoms with van der Waals surface area (Å²) in [7, 11) is 0. The van der Waals surface area contributed by atoms with E-state index in [-0.39, 0.29) is 18.0 Å². The van der Waals surface area contributed by atoms with Crippen LogP contribution < -0.4 is 10.5 Å². The highest BCUT2D eigenvalue weighted by molar-refractivity contribution is 6.30. The lowest BCUT2D eigenvalue weighted by molar-refractivity contribution is -0.305. The number of fused-ring (bicyclic) bond motifs is 1. The Morgan fingerprint density at radius 1 is 1.28 bits per heavy atom. The van der Waals surface area contributed by atoms with Crippen molar-refractivity contribution >= 4 is 40.1 Å². The minimum Gasteiger partial charge on any atom is -0.550 e. The SMILES string of the molecule is Cc1ccc2cc(C3C=C(c4ccco4)NN3C(=O)CCC(=O)[O-])c(Cl)nc2c1. The van der Waals surface area contributed by atoms with Crippen molar-refractivity contribution in [1.82, 2.24) is 15.4 Å². The number of aromatic nitrogens is 1. The van der Waals surface area contributed by atoms with Gasteiger partial charge in [-0.2, -0.15) is 0 Å². The van der Waals surface area contributed by atoms with Gasteiger partial charge in [0.05, 0.1) is 17.5 Å². The number of hydrazine groups is 1. The first-order chi connectivity index (χ1) is 13.9. The maximum atomic E-state index is 12.7. The highest BCUT2D eigenvalue weighted by Crippen LogP contribution is 2.36. The maximum Gasteiger partial charge on any atom is 0.242 e. The normalized spacial score (nSPS) is 16.0. The van der Waals surface area contributed by atoms with Gasteiger partial charge in [0, 0.05) is 23.3 Å². The van der Waals surface area contributed by atoms with E-state index in [9.17, 15) is 14.7 Å². The predicted octanol–water partition coefficient (Wildman–Crippen LogP) is 2.75. The van der Waals surface area contributed by atoms with Crippen LogP contribution in [-0.2, 0) is 9.59 Å². The molecule has 0 spiro atoms. The molecule has 3 aromatic rings. The maximum absolute atomic E-state index is 12.7. The van der Waals surface area contributed by atoms with Gasteiger partial charge in [-0.15, -0.1) is 0 Å². The van der Waals surface area contributed by atoms with Crippen LogP contribution in [0.2, 0.25) is 5.15 Å². The highest BCUT2D eigenvalue weighted by atomic mass is 35.5. The second-order valence-electron chi connectivity index (χ2n) is 6.81. The lowest BCUT2D eigenvalue weighted by Crippen LogP contribution is -2.40. The lowest BCUT2D eigenvalue weighted by atomic mass is 10.0. The molecule has 0 fully saturated rings. The molecule has 0 saturated heterocycles. The number of pyridine rings is 1. The van der Waals surface area contributed by atoms with E-state index in [0.717, 1.165) is 16.5 Å². The van der Waals surface area contributed by atoms with E-state index in [1.165, 1.54) is 11.3 Å². The second-order valence-corrected chi connectivity index (χ2v) is 7.17. The first kappa shape index (κ1) is 19.0. The summed E-state index contributed by atoms with van der Waals surface area (Å²) in [5.41, 5.74) is 6.03. The number of carbonyl (C=O) groups is 2. The van der Waals surface area contributed by atoms with E-state index in [2.05, 4.69) is 10.4 Å². The number of amides is 1. The Morgan fingerprint density at radius 2 is 2.10 bits per heavy atom. The third-order valence-corrected chi connectivity index (χ3v) is 5.02. The summed E-state index contributed by atoms with van der Waals surface area (Å²) in [4.78, 5) is 28.0. The zero-order valence-electron chi connectivity index (χ0n) is 15.5. The van der Waals surface area contributed by atoms with E-state index in [4.69, 9.17) is 16.0 Å². The van der Waals surface area contributed by atoms with Gasteiger partial charge in [0.25, 0.3) is 0 Å². The number of carboxylic acid groups (broad SMARTS) is 1. The second kappa shape index (κ2) is 7.60. The summed E-state index contributed by atoms with van der Waals surface area (Å²) < 4.78 is 5.42. The number of benzene rings is 1. The van der Waals surface area contributed by atoms with Gasteiger partial charge in [0.2, 0.25) is 5.91 Å². The Balaban J connectivity index is 1.75. The molecule has 1 atom stereocenters. The van der Waals surface area contributed by atoms with Crippen molar-refractivity contribution in [3.63, 3.8) is 0 Å². The van der Waals surface area contributed by atoms with Gasteiger partial charge in [-0.1, -0.05) is 23.7 Å². The fourth-order valence-corrected chi connectivity index (χ4v) is 3.55. The van der Waals surface area contributed by atoms with Gasteiger partial charge in [-0.3, -0.25) is 10.2 Å². The van der Waals surface area contributed by atoms with Gasteiger partial charge in [-0.05, 0) is 49.2 Å². The third-order valence-electron chi connectivity index (χ3n) is 4.71. The number of hydrogen-bond donors (Lipinski definition) is 1. The van der Waals surface area contributed by atoms with Gasteiger partial charge >= 0.3 is 0 Å². The Bertz CT molecular complexity index is 1120. The van der Waals surface area contributed by atoms with Crippen LogP contribution in [-0.4, -0.2) is 21.9 Å². The van der Waals surface area contributed by atoms with Gasteiger partial charge in [0.15, 0.2) is 5.76 Å². The van der Waals surface area contributed by atoms with Crippen molar-refractivity contribution in [3.05, 3.63) is 70.8 Å². The zero-order valence-corrected chi connectivity index (χ0v) is 16.3. The average Bonchev–Trinajstić information content (AvgIpc) is 3.35. The fourth-order valence-electron chi connectivity index (χ4n) is 3.29. The molecule has 7 nitrogen and oxygen atoms in total. The first-order valence-corrected chi connectivity index (χ1v) is 9.41. The molecule has 3 heterocycles. The molecule has 0 bridgehead atoms. The van der Waals surface area contributed by atoms with Crippen LogP contribution in [0.5, 0.6) is 0 Å². The molecule has 4 rings (SSSR count). The quantitative estimate of drug-likeness (QED) is 0.649. The minimum atomic E-state index is -1.28. The van der Waals surface area contributed by atoms with E-state index < -0.39 is 17.9 Å². The average molecular weight is 411 g/mol. The number of hydrogen-bond acceptors (Lipinski definition) is 6. The van der Waals surface area contributed by atoms with E-state index >= 15 is 0 Å². The number of aryl methyl sites for hydroxylation is 1. The summed E-state index contributed by atoms with van der Waals surface area (Å²) in [5, 5.41) is 13.3. The van der Waals surface area contributed by atoms with Crippen molar-refractivity contribution in [1.29, 1.82) is 0 Å². The first-order valence-electron chi connectivity index (χ1n) is 9.03. The molecule has 0 radical (unpaired) electrons. The summed E-state index contributed by atoms with van der Waals surface area (Å²) in [6.07, 6.45) is 2.75. The van der Waals surface area contributed by atoms with Gasteiger partial charge in [-0.25, -0.2) is 9.99 Å². The monoisotopic (exact) mass is 410 g/mol. The van der Waals surface area contributed by atoms with Crippen LogP contribution in [0, 0.1) is 6.92 Å². The number of rotatable bonds is 5. The molecule has 2 aromatic heterocycles. The Morgan fingerprint density at radius 3 is 2.83 bits per heavy atom. The summed E-state index contributed by atoms with van der Waals surface area (Å²) in [6.45, 7) is 1.97. The van der Waals surface area contributed by atoms with Crippen molar-refractivity contribution in [2.75, 3.05) is 0 Å². The molecule has 1 unspecified atom stereocenters. The van der Waals surface area contributed by atoms with Crippen molar-refractivity contribution in [2.24, 2.45) is 0 Å². The summed E-state index contributed by atoms with van der Waals surface area (Å²) in [6, 6.07) is 10.7. The fraction of sp³-hybridized carbons (Fsp3) is 0.190. The molecule has 0 saturated carbocycles. The molecule has 1 N–H and O–H groups in total. The van der Waals surface area contributed by atoms with Crippen LogP contribution in [0.1, 0.15) is 35.8 Å². The van der Waals surface area contributed by atoms with Crippen LogP contribution in [0.3, 0.4) is 0 Å². The van der Waals surface area contributed by atoms with Gasteiger partial charge < -0.3 is 14.3 Å². The molecule has 0 aliphatic carbocycles. The smallest absolute Gasteiger partial charge is 0.242 e. The van der Waals surface area contributed by atoms with Crippen LogP contribution in [0.4, 0.5) is 0 Å². The van der Waals surface area contributed by atoms with Crippen LogP contribution in [0.25, 0.3) is 16.6 Å². The van der Waals surface area contributed by atoms with Crippen molar-refractivity contribution in [2.45, 2.75) is 25.8 Å². The van der Waals surface area contributed by atoms with Crippen LogP contribution >= 0.6 is 11.6 Å². The topological polar surface area (TPSA) is 98.5 Å². The number of nitrogens with one attached hydrogen (secondary N) is 1. The number of halogens is 1. The zero-order chi connectivity index (χ0) is 20.5. The summed E-state index contributed by atoms with van der Waals surface area (Å²) in [5.74, 6) is -1.14. The number of carbonyl (C=O) groups excluding carboxylic acids is 2. The molecular weight excluding hydrogens is 394 g/mol. The molecule has 1 aliphatic heterocycles. The Hall–Kier alpha value is -3.32. The molecular formula is C21H17ClN3O4-. The van der Waals surface area contributed by atoms with E-state index in [1.54, 1.807) is 18.2 Å². The third kappa shape index (κ3) is 3.82. The molecule has 1 amide bonds. The summed E-state index contributed by atoms with van der Waals surface area (Å²) >= 11 is 6.47. The highest BCUT2D eigenvalue weighted by Gasteiger charge is 2.33. The molecule has 29 heavy (non-hydrogen) atoms. The Labute approximate surface area is 171 Å². The Kier molecular flexibility index (Phi) is 4.98. The number of aliphatic carboxylic acids is 1. The molecule has 1 aromatic carbocycles. The van der Waals surface area contributed by atoms with Crippen LogP contribution in [0.15, 0.2) is 53.2 Å².